The molecule has 1 aliphatic heterocycles. The number of morpholine rings is 1. The van der Waals surface area contributed by atoms with Crippen LogP contribution in [-0.4, -0.2) is 59.5 Å². The lowest BCUT2D eigenvalue weighted by molar-refractivity contribution is -0.112. The molecule has 0 bridgehead atoms. The van der Waals surface area contributed by atoms with Crippen LogP contribution in [0.1, 0.15) is 19.3 Å². The molecular weight excluding hydrogens is 507 g/mol. The Morgan fingerprint density at radius 2 is 1.89 bits per heavy atom. The van der Waals surface area contributed by atoms with E-state index in [1.165, 1.54) is 24.5 Å². The van der Waals surface area contributed by atoms with E-state index in [1.807, 2.05) is 0 Å². The number of benzene rings is 2. The zero-order valence-corrected chi connectivity index (χ0v) is 20.8. The molecule has 0 spiro atoms. The number of anilines is 3. The maximum Gasteiger partial charge on any atom is 0.266 e. The number of carbonyl (C=O) groups is 1. The Bertz CT molecular complexity index is 1270. The first kappa shape index (κ1) is 26.8. The molecular formula is C26H27ClF3N5O2. The summed E-state index contributed by atoms with van der Waals surface area (Å²) in [6, 6.07) is 9.06. The summed E-state index contributed by atoms with van der Waals surface area (Å²) in [5.74, 6) is -3.89. The second kappa shape index (κ2) is 12.4. The minimum atomic E-state index is -3.08. The third kappa shape index (κ3) is 7.88. The summed E-state index contributed by atoms with van der Waals surface area (Å²) in [7, 11) is 0. The van der Waals surface area contributed by atoms with Crippen LogP contribution < -0.4 is 10.6 Å². The number of ether oxygens (including phenoxy) is 1. The number of unbranched alkanes of at least 4 members (excludes halogenated alkanes) is 1. The number of hydrogen-bond donors (Lipinski definition) is 2. The van der Waals surface area contributed by atoms with Crippen molar-refractivity contribution >= 4 is 45.6 Å². The highest BCUT2D eigenvalue weighted by atomic mass is 35.5. The van der Waals surface area contributed by atoms with Crippen molar-refractivity contribution in [2.45, 2.75) is 25.2 Å². The number of hydrogen-bond acceptors (Lipinski definition) is 6. The van der Waals surface area contributed by atoms with Crippen molar-refractivity contribution in [2.24, 2.45) is 0 Å². The van der Waals surface area contributed by atoms with Gasteiger partial charge in [-0.1, -0.05) is 11.6 Å². The third-order valence-electron chi connectivity index (χ3n) is 5.90. The standard InChI is InChI=1S/C26H27ClF3N5O2/c27-21-16-19(3-5-22(21)28)34-25-20-15-18(4-6-23(20)31-17-32-25)33-24(36)7-9-26(29,30)8-1-2-10-35-11-13-37-14-12-35/h3-7,9,15-17H,1-2,8,10-14H2,(H,33,36)(H,31,32,34). The summed E-state index contributed by atoms with van der Waals surface area (Å²) < 4.78 is 47.3. The number of halogens is 4. The summed E-state index contributed by atoms with van der Waals surface area (Å²) in [5.41, 5.74) is 1.48. The fraction of sp³-hybridized carbons (Fsp3) is 0.346. The summed E-state index contributed by atoms with van der Waals surface area (Å²) in [4.78, 5) is 22.9. The van der Waals surface area contributed by atoms with Gasteiger partial charge in [0.05, 0.1) is 23.8 Å². The summed E-state index contributed by atoms with van der Waals surface area (Å²) in [6.45, 7) is 3.78. The summed E-state index contributed by atoms with van der Waals surface area (Å²) in [6.07, 6.45) is 3.56. The Labute approximate surface area is 217 Å². The highest BCUT2D eigenvalue weighted by molar-refractivity contribution is 6.31. The zero-order chi connectivity index (χ0) is 26.3. The molecule has 0 radical (unpaired) electrons. The molecule has 1 aromatic heterocycles. The lowest BCUT2D eigenvalue weighted by Crippen LogP contribution is -2.36. The lowest BCUT2D eigenvalue weighted by atomic mass is 10.1. The van der Waals surface area contributed by atoms with Crippen LogP contribution in [0.4, 0.5) is 30.4 Å². The van der Waals surface area contributed by atoms with Crippen LogP contribution in [0.15, 0.2) is 54.9 Å². The molecule has 7 nitrogen and oxygen atoms in total. The number of nitrogens with one attached hydrogen (secondary N) is 2. The van der Waals surface area contributed by atoms with Gasteiger partial charge in [0.25, 0.3) is 5.92 Å². The first-order valence-corrected chi connectivity index (χ1v) is 12.3. The number of fused-ring (bicyclic) bond motifs is 1. The Kier molecular flexibility index (Phi) is 8.96. The second-order valence-corrected chi connectivity index (χ2v) is 9.11. The van der Waals surface area contributed by atoms with Crippen LogP contribution in [-0.2, 0) is 9.53 Å². The van der Waals surface area contributed by atoms with Crippen molar-refractivity contribution < 1.29 is 22.7 Å². The third-order valence-corrected chi connectivity index (χ3v) is 6.19. The minimum absolute atomic E-state index is 0.0444. The molecule has 1 amide bonds. The van der Waals surface area contributed by atoms with E-state index in [0.29, 0.717) is 60.2 Å². The molecule has 2 N–H and O–H groups in total. The second-order valence-electron chi connectivity index (χ2n) is 8.70. The first-order chi connectivity index (χ1) is 17.8. The van der Waals surface area contributed by atoms with E-state index in [0.717, 1.165) is 25.7 Å². The van der Waals surface area contributed by atoms with Crippen molar-refractivity contribution in [3.8, 4) is 0 Å². The highest BCUT2D eigenvalue weighted by Crippen LogP contribution is 2.28. The molecule has 3 aromatic rings. The number of amides is 1. The van der Waals surface area contributed by atoms with Crippen LogP contribution in [0.2, 0.25) is 5.02 Å². The predicted molar refractivity (Wildman–Crippen MR) is 138 cm³/mol. The van der Waals surface area contributed by atoms with Crippen LogP contribution >= 0.6 is 11.6 Å². The minimum Gasteiger partial charge on any atom is -0.379 e. The van der Waals surface area contributed by atoms with E-state index in [1.54, 1.807) is 18.2 Å². The topological polar surface area (TPSA) is 79.4 Å². The van der Waals surface area contributed by atoms with E-state index < -0.39 is 17.6 Å². The number of aromatic nitrogens is 2. The van der Waals surface area contributed by atoms with Gasteiger partial charge < -0.3 is 15.4 Å². The summed E-state index contributed by atoms with van der Waals surface area (Å²) >= 11 is 5.85. The van der Waals surface area contributed by atoms with Gasteiger partial charge in [0, 0.05) is 42.3 Å². The molecule has 1 saturated heterocycles. The molecule has 2 heterocycles. The Balaban J connectivity index is 1.34. The lowest BCUT2D eigenvalue weighted by Gasteiger charge is -2.26. The Morgan fingerprint density at radius 1 is 1.11 bits per heavy atom. The average Bonchev–Trinajstić information content (AvgIpc) is 2.89. The monoisotopic (exact) mass is 533 g/mol. The molecule has 0 aliphatic carbocycles. The van der Waals surface area contributed by atoms with Crippen molar-refractivity contribution in [3.05, 3.63) is 65.7 Å². The van der Waals surface area contributed by atoms with Crippen LogP contribution in [0.25, 0.3) is 10.9 Å². The van der Waals surface area contributed by atoms with Crippen molar-refractivity contribution in [1.29, 1.82) is 0 Å². The first-order valence-electron chi connectivity index (χ1n) is 11.9. The number of carbonyl (C=O) groups excluding carboxylic acids is 1. The van der Waals surface area contributed by atoms with E-state index in [2.05, 4.69) is 25.5 Å². The van der Waals surface area contributed by atoms with Crippen molar-refractivity contribution in [1.82, 2.24) is 14.9 Å². The summed E-state index contributed by atoms with van der Waals surface area (Å²) in [5, 5.41) is 6.16. The number of nitrogens with zero attached hydrogens (tertiary/aromatic N) is 3. The van der Waals surface area contributed by atoms with Gasteiger partial charge in [-0.3, -0.25) is 9.69 Å². The SMILES string of the molecule is O=C(C=CC(F)(F)CCCCN1CCOCC1)Nc1ccc2ncnc(Nc3ccc(F)c(Cl)c3)c2c1. The van der Waals surface area contributed by atoms with Gasteiger partial charge in [-0.25, -0.2) is 23.1 Å². The molecule has 1 aliphatic rings. The van der Waals surface area contributed by atoms with E-state index in [-0.39, 0.29) is 11.4 Å². The Hall–Kier alpha value is -3.21. The predicted octanol–water partition coefficient (Wildman–Crippen LogP) is 5.80. The maximum atomic E-state index is 14.3. The molecule has 11 heteroatoms. The molecule has 0 saturated carbocycles. The van der Waals surface area contributed by atoms with E-state index >= 15 is 0 Å². The van der Waals surface area contributed by atoms with E-state index in [9.17, 15) is 18.0 Å². The quantitative estimate of drug-likeness (QED) is 0.253. The molecule has 0 unspecified atom stereocenters. The largest absolute Gasteiger partial charge is 0.379 e. The molecule has 37 heavy (non-hydrogen) atoms. The van der Waals surface area contributed by atoms with Crippen LogP contribution in [0, 0.1) is 5.82 Å². The number of allylic oxidation sites excluding steroid dienone is 1. The van der Waals surface area contributed by atoms with Crippen LogP contribution in [0.5, 0.6) is 0 Å². The number of alkyl halides is 2. The Morgan fingerprint density at radius 3 is 2.68 bits per heavy atom. The van der Waals surface area contributed by atoms with Crippen molar-refractivity contribution in [3.63, 3.8) is 0 Å². The smallest absolute Gasteiger partial charge is 0.266 e. The van der Waals surface area contributed by atoms with Gasteiger partial charge in [-0.15, -0.1) is 0 Å². The van der Waals surface area contributed by atoms with Gasteiger partial charge in [-0.2, -0.15) is 0 Å². The fourth-order valence-corrected chi connectivity index (χ4v) is 4.11. The van der Waals surface area contributed by atoms with Crippen LogP contribution in [0.3, 0.4) is 0 Å². The van der Waals surface area contributed by atoms with E-state index in [4.69, 9.17) is 16.3 Å². The average molecular weight is 534 g/mol. The molecule has 2 aromatic carbocycles. The fourth-order valence-electron chi connectivity index (χ4n) is 3.93. The normalized spacial score (nSPS) is 14.8. The van der Waals surface area contributed by atoms with Gasteiger partial charge in [0.15, 0.2) is 0 Å². The molecule has 0 atom stereocenters. The highest BCUT2D eigenvalue weighted by Gasteiger charge is 2.24. The zero-order valence-electron chi connectivity index (χ0n) is 20.0. The maximum absolute atomic E-state index is 14.3. The molecule has 196 valence electrons. The molecule has 4 rings (SSSR count). The van der Waals surface area contributed by atoms with Crippen molar-refractivity contribution in [2.75, 3.05) is 43.5 Å². The number of rotatable bonds is 10. The van der Waals surface area contributed by atoms with Gasteiger partial charge in [-0.05, 0) is 61.9 Å². The molecule has 1 fully saturated rings. The van der Waals surface area contributed by atoms with Gasteiger partial charge in [0.2, 0.25) is 5.91 Å². The van der Waals surface area contributed by atoms with Gasteiger partial charge >= 0.3 is 0 Å². The van der Waals surface area contributed by atoms with Gasteiger partial charge in [0.1, 0.15) is 18.0 Å².